The van der Waals surface area contributed by atoms with Crippen LogP contribution in [0.15, 0.2) is 77.8 Å². The minimum Gasteiger partial charge on any atom is -0.473 e. The maximum Gasteiger partial charge on any atom is 0.243 e. The molecule has 5 nitrogen and oxygen atoms in total. The summed E-state index contributed by atoms with van der Waals surface area (Å²) in [6.07, 6.45) is 4.40. The van der Waals surface area contributed by atoms with E-state index >= 15 is 0 Å². The molecule has 0 unspecified atom stereocenters. The molecule has 2 heterocycles. The number of ether oxygens (including phenoxy) is 1. The Hall–Kier alpha value is -2.70. The Balaban J connectivity index is 1.52. The molecule has 4 rings (SSSR count). The first kappa shape index (κ1) is 20.6. The summed E-state index contributed by atoms with van der Waals surface area (Å²) in [5.41, 5.74) is 3.02. The minimum atomic E-state index is -3.56. The van der Waals surface area contributed by atoms with Gasteiger partial charge in [0.2, 0.25) is 15.9 Å². The number of piperidine rings is 1. The standard InChI is InChI=1S/C24H26N2O3S/c1-19-10-13-22(14-11-19)30(27,28)26-16-6-5-9-23(26)21-12-15-24(25-17-21)29-18-20-7-3-2-4-8-20/h2-4,7-8,10-15,17,23H,5-6,9,16,18H2,1H3/t23-/m0/s1. The third-order valence-electron chi connectivity index (χ3n) is 5.45. The average Bonchev–Trinajstić information content (AvgIpc) is 2.79. The highest BCUT2D eigenvalue weighted by Crippen LogP contribution is 2.35. The lowest BCUT2D eigenvalue weighted by Gasteiger charge is -2.34. The molecule has 1 aromatic heterocycles. The van der Waals surface area contributed by atoms with Crippen LogP contribution in [0.3, 0.4) is 0 Å². The number of pyridine rings is 1. The molecule has 0 N–H and O–H groups in total. The van der Waals surface area contributed by atoms with Crippen molar-refractivity contribution in [3.63, 3.8) is 0 Å². The third-order valence-corrected chi connectivity index (χ3v) is 7.38. The molecule has 30 heavy (non-hydrogen) atoms. The first-order valence-electron chi connectivity index (χ1n) is 10.3. The molecule has 1 atom stereocenters. The second kappa shape index (κ2) is 8.98. The van der Waals surface area contributed by atoms with E-state index in [1.807, 2.05) is 61.5 Å². The number of nitrogens with zero attached hydrogens (tertiary/aromatic N) is 2. The van der Waals surface area contributed by atoms with Gasteiger partial charge in [0, 0.05) is 18.8 Å². The zero-order valence-electron chi connectivity index (χ0n) is 17.1. The smallest absolute Gasteiger partial charge is 0.243 e. The fraction of sp³-hybridized carbons (Fsp3) is 0.292. The van der Waals surface area contributed by atoms with Crippen LogP contribution in [0.1, 0.15) is 42.0 Å². The van der Waals surface area contributed by atoms with E-state index in [2.05, 4.69) is 4.98 Å². The Morgan fingerprint density at radius 2 is 1.77 bits per heavy atom. The molecule has 0 bridgehead atoms. The summed E-state index contributed by atoms with van der Waals surface area (Å²) >= 11 is 0. The van der Waals surface area contributed by atoms with Crippen LogP contribution in [-0.4, -0.2) is 24.3 Å². The normalized spacial score (nSPS) is 17.6. The molecule has 1 saturated heterocycles. The summed E-state index contributed by atoms with van der Waals surface area (Å²) < 4.78 is 34.0. The number of benzene rings is 2. The van der Waals surface area contributed by atoms with Crippen molar-refractivity contribution in [3.8, 4) is 5.88 Å². The fourth-order valence-corrected chi connectivity index (χ4v) is 5.46. The molecule has 2 aromatic carbocycles. The van der Waals surface area contributed by atoms with Crippen molar-refractivity contribution in [1.82, 2.24) is 9.29 Å². The van der Waals surface area contributed by atoms with Gasteiger partial charge in [0.05, 0.1) is 10.9 Å². The van der Waals surface area contributed by atoms with Gasteiger partial charge in [-0.25, -0.2) is 13.4 Å². The highest BCUT2D eigenvalue weighted by molar-refractivity contribution is 7.89. The van der Waals surface area contributed by atoms with E-state index in [4.69, 9.17) is 4.74 Å². The fourth-order valence-electron chi connectivity index (χ4n) is 3.78. The third kappa shape index (κ3) is 4.55. The van der Waals surface area contributed by atoms with Crippen LogP contribution in [0, 0.1) is 6.92 Å². The quantitative estimate of drug-likeness (QED) is 0.568. The molecule has 156 valence electrons. The van der Waals surface area contributed by atoms with Gasteiger partial charge in [0.1, 0.15) is 6.61 Å². The second-order valence-corrected chi connectivity index (χ2v) is 9.53. The Morgan fingerprint density at radius 1 is 1.00 bits per heavy atom. The lowest BCUT2D eigenvalue weighted by molar-refractivity contribution is 0.254. The molecule has 0 spiro atoms. The molecule has 6 heteroatoms. The summed E-state index contributed by atoms with van der Waals surface area (Å²) in [5, 5.41) is 0. The van der Waals surface area contributed by atoms with Crippen molar-refractivity contribution in [2.75, 3.05) is 6.54 Å². The summed E-state index contributed by atoms with van der Waals surface area (Å²) in [5.74, 6) is 0.534. The molecule has 3 aromatic rings. The predicted molar refractivity (Wildman–Crippen MR) is 117 cm³/mol. The van der Waals surface area contributed by atoms with Crippen molar-refractivity contribution in [2.45, 2.75) is 43.7 Å². The lowest BCUT2D eigenvalue weighted by Crippen LogP contribution is -2.38. The van der Waals surface area contributed by atoms with Crippen molar-refractivity contribution >= 4 is 10.0 Å². The molecule has 1 aliphatic heterocycles. The van der Waals surface area contributed by atoms with Gasteiger partial charge in [-0.2, -0.15) is 4.31 Å². The van der Waals surface area contributed by atoms with Crippen LogP contribution in [0.5, 0.6) is 5.88 Å². The molecule has 0 radical (unpaired) electrons. The van der Waals surface area contributed by atoms with E-state index in [0.717, 1.165) is 36.0 Å². The SMILES string of the molecule is Cc1ccc(S(=O)(=O)N2CCCC[C@H]2c2ccc(OCc3ccccc3)nc2)cc1. The maximum absolute atomic E-state index is 13.3. The van der Waals surface area contributed by atoms with Gasteiger partial charge in [-0.3, -0.25) is 0 Å². The first-order chi connectivity index (χ1) is 14.5. The van der Waals surface area contributed by atoms with Crippen LogP contribution in [0.25, 0.3) is 0 Å². The van der Waals surface area contributed by atoms with E-state index in [-0.39, 0.29) is 6.04 Å². The molecule has 0 aliphatic carbocycles. The number of hydrogen-bond donors (Lipinski definition) is 0. The van der Waals surface area contributed by atoms with Crippen molar-refractivity contribution in [3.05, 3.63) is 89.6 Å². The number of aryl methyl sites for hydroxylation is 1. The minimum absolute atomic E-state index is 0.208. The van der Waals surface area contributed by atoms with Gasteiger partial charge < -0.3 is 4.74 Å². The van der Waals surface area contributed by atoms with Crippen LogP contribution in [0.2, 0.25) is 0 Å². The highest BCUT2D eigenvalue weighted by Gasteiger charge is 2.34. The van der Waals surface area contributed by atoms with Crippen LogP contribution in [-0.2, 0) is 16.6 Å². The van der Waals surface area contributed by atoms with Gasteiger partial charge >= 0.3 is 0 Å². The zero-order valence-corrected chi connectivity index (χ0v) is 17.9. The monoisotopic (exact) mass is 422 g/mol. The Kier molecular flexibility index (Phi) is 6.16. The van der Waals surface area contributed by atoms with Gasteiger partial charge in [-0.15, -0.1) is 0 Å². The number of sulfonamides is 1. The Labute approximate surface area is 178 Å². The van der Waals surface area contributed by atoms with Crippen molar-refractivity contribution < 1.29 is 13.2 Å². The largest absolute Gasteiger partial charge is 0.473 e. The van der Waals surface area contributed by atoms with E-state index in [1.54, 1.807) is 22.6 Å². The maximum atomic E-state index is 13.3. The van der Waals surface area contributed by atoms with E-state index in [1.165, 1.54) is 0 Å². The van der Waals surface area contributed by atoms with Crippen molar-refractivity contribution in [2.24, 2.45) is 0 Å². The highest BCUT2D eigenvalue weighted by atomic mass is 32.2. The molecule has 0 saturated carbocycles. The zero-order chi connectivity index (χ0) is 21.0. The molecular weight excluding hydrogens is 396 g/mol. The van der Waals surface area contributed by atoms with E-state index in [9.17, 15) is 8.42 Å². The molecular formula is C24H26N2O3S. The molecule has 1 fully saturated rings. The van der Waals surface area contributed by atoms with Gasteiger partial charge in [0.15, 0.2) is 0 Å². The summed E-state index contributed by atoms with van der Waals surface area (Å²) in [4.78, 5) is 4.77. The van der Waals surface area contributed by atoms with E-state index in [0.29, 0.717) is 23.9 Å². The lowest BCUT2D eigenvalue weighted by atomic mass is 9.99. The van der Waals surface area contributed by atoms with Crippen LogP contribution in [0.4, 0.5) is 0 Å². The number of rotatable bonds is 6. The topological polar surface area (TPSA) is 59.5 Å². The van der Waals surface area contributed by atoms with Crippen LogP contribution < -0.4 is 4.74 Å². The van der Waals surface area contributed by atoms with Crippen LogP contribution >= 0.6 is 0 Å². The average molecular weight is 423 g/mol. The summed E-state index contributed by atoms with van der Waals surface area (Å²) in [6.45, 7) is 2.92. The summed E-state index contributed by atoms with van der Waals surface area (Å²) in [7, 11) is -3.56. The van der Waals surface area contributed by atoms with Crippen molar-refractivity contribution in [1.29, 1.82) is 0 Å². The number of aromatic nitrogens is 1. The van der Waals surface area contributed by atoms with Gasteiger partial charge in [-0.05, 0) is 43.0 Å². The number of hydrogen-bond acceptors (Lipinski definition) is 4. The second-order valence-electron chi connectivity index (χ2n) is 7.64. The molecule has 1 aliphatic rings. The summed E-state index contributed by atoms with van der Waals surface area (Å²) in [6, 6.07) is 20.5. The van der Waals surface area contributed by atoms with Gasteiger partial charge in [0.25, 0.3) is 0 Å². The van der Waals surface area contributed by atoms with Gasteiger partial charge in [-0.1, -0.05) is 60.5 Å². The Bertz CT molecular complexity index is 1070. The molecule has 0 amide bonds. The Morgan fingerprint density at radius 3 is 2.47 bits per heavy atom. The first-order valence-corrected chi connectivity index (χ1v) is 11.7. The predicted octanol–water partition coefficient (Wildman–Crippen LogP) is 4.88. The van der Waals surface area contributed by atoms with E-state index < -0.39 is 10.0 Å².